The number of carbonyl (C=O) groups is 4. The Morgan fingerprint density at radius 2 is 1.50 bits per heavy atom. The van der Waals surface area contributed by atoms with Gasteiger partial charge in [0.05, 0.1) is 27.1 Å². The summed E-state index contributed by atoms with van der Waals surface area (Å²) in [4.78, 5) is 47.3. The molecule has 0 radical (unpaired) electrons. The van der Waals surface area contributed by atoms with Crippen LogP contribution in [0.2, 0.25) is 0 Å². The van der Waals surface area contributed by atoms with E-state index in [1.165, 1.54) is 14.2 Å². The van der Waals surface area contributed by atoms with Gasteiger partial charge in [0.15, 0.2) is 0 Å². The van der Waals surface area contributed by atoms with E-state index in [-0.39, 0.29) is 31.2 Å². The molecule has 0 bridgehead atoms. The third-order valence-corrected chi connectivity index (χ3v) is 4.20. The number of aryl methyl sites for hydroxylation is 1. The smallest absolute Gasteiger partial charge is 0.306 e. The van der Waals surface area contributed by atoms with Gasteiger partial charge in [-0.1, -0.05) is 13.8 Å². The fraction of sp³-hybridized carbons (Fsp3) is 0.579. The Morgan fingerprint density at radius 1 is 0.964 bits per heavy atom. The van der Waals surface area contributed by atoms with Crippen LogP contribution in [0.3, 0.4) is 0 Å². The highest BCUT2D eigenvalue weighted by Crippen LogP contribution is 2.17. The van der Waals surface area contributed by atoms with E-state index in [1.54, 1.807) is 32.9 Å². The molecule has 3 atom stereocenters. The van der Waals surface area contributed by atoms with E-state index in [9.17, 15) is 19.2 Å². The van der Waals surface area contributed by atoms with Crippen LogP contribution in [0.25, 0.3) is 0 Å². The SMILES string of the molecule is COC(=O)C[C@H](C)C(=O)NC[C@@H](NC(=O)[C@@H](C)CC(=O)OC)c1ccc(C)o1. The molecular formula is C19H28N2O7. The summed E-state index contributed by atoms with van der Waals surface area (Å²) in [6.45, 7) is 5.04. The van der Waals surface area contributed by atoms with E-state index in [1.807, 2.05) is 0 Å². The van der Waals surface area contributed by atoms with Gasteiger partial charge in [-0.15, -0.1) is 0 Å². The van der Waals surface area contributed by atoms with E-state index in [2.05, 4.69) is 20.1 Å². The number of nitrogens with one attached hydrogen (secondary N) is 2. The lowest BCUT2D eigenvalue weighted by atomic mass is 10.1. The molecular weight excluding hydrogens is 368 g/mol. The molecule has 0 aliphatic rings. The molecule has 156 valence electrons. The highest BCUT2D eigenvalue weighted by Gasteiger charge is 2.25. The fourth-order valence-corrected chi connectivity index (χ4v) is 2.41. The average molecular weight is 396 g/mol. The molecule has 0 fully saturated rings. The first kappa shape index (κ1) is 23.2. The predicted molar refractivity (Wildman–Crippen MR) is 98.9 cm³/mol. The maximum absolute atomic E-state index is 12.4. The van der Waals surface area contributed by atoms with Crippen LogP contribution in [0.15, 0.2) is 16.5 Å². The average Bonchev–Trinajstić information content (AvgIpc) is 3.10. The molecule has 2 N–H and O–H groups in total. The standard InChI is InChI=1S/C19H28N2O7/c1-11(8-16(22)26-4)18(24)20-10-14(15-7-6-13(3)28-15)21-19(25)12(2)9-17(23)27-5/h6-7,11-12,14H,8-10H2,1-5H3,(H,20,24)(H,21,25)/t11-,12-,14+/m0/s1. The summed E-state index contributed by atoms with van der Waals surface area (Å²) in [5.74, 6) is -1.76. The summed E-state index contributed by atoms with van der Waals surface area (Å²) in [6, 6.07) is 2.82. The molecule has 0 unspecified atom stereocenters. The molecule has 0 saturated carbocycles. The molecule has 1 aromatic rings. The summed E-state index contributed by atoms with van der Waals surface area (Å²) in [7, 11) is 2.51. The van der Waals surface area contributed by atoms with Crippen LogP contribution in [-0.2, 0) is 28.7 Å². The zero-order valence-corrected chi connectivity index (χ0v) is 16.9. The molecule has 0 saturated heterocycles. The van der Waals surface area contributed by atoms with Gasteiger partial charge in [-0.3, -0.25) is 19.2 Å². The number of methoxy groups -OCH3 is 2. The molecule has 1 rings (SSSR count). The van der Waals surface area contributed by atoms with Gasteiger partial charge >= 0.3 is 11.9 Å². The van der Waals surface area contributed by atoms with Gasteiger partial charge in [-0.25, -0.2) is 0 Å². The van der Waals surface area contributed by atoms with E-state index >= 15 is 0 Å². The first-order valence-corrected chi connectivity index (χ1v) is 8.95. The normalized spacial score (nSPS) is 13.8. The zero-order valence-electron chi connectivity index (χ0n) is 16.9. The molecule has 1 heterocycles. The lowest BCUT2D eigenvalue weighted by Gasteiger charge is -2.21. The van der Waals surface area contributed by atoms with Gasteiger partial charge in [-0.2, -0.15) is 0 Å². The van der Waals surface area contributed by atoms with Crippen LogP contribution in [0, 0.1) is 18.8 Å². The van der Waals surface area contributed by atoms with Crippen LogP contribution < -0.4 is 10.6 Å². The Kier molecular flexibility index (Phi) is 9.20. The highest BCUT2D eigenvalue weighted by molar-refractivity contribution is 5.84. The lowest BCUT2D eigenvalue weighted by Crippen LogP contribution is -2.41. The number of amides is 2. The molecule has 2 amide bonds. The van der Waals surface area contributed by atoms with Crippen molar-refractivity contribution < 1.29 is 33.1 Å². The van der Waals surface area contributed by atoms with E-state index in [0.717, 1.165) is 0 Å². The van der Waals surface area contributed by atoms with Crippen LogP contribution >= 0.6 is 0 Å². The maximum atomic E-state index is 12.4. The molecule has 0 aliphatic carbocycles. The monoisotopic (exact) mass is 396 g/mol. The number of furan rings is 1. The maximum Gasteiger partial charge on any atom is 0.306 e. The third kappa shape index (κ3) is 7.42. The Morgan fingerprint density at radius 3 is 1.96 bits per heavy atom. The van der Waals surface area contributed by atoms with Crippen LogP contribution in [-0.4, -0.2) is 44.5 Å². The van der Waals surface area contributed by atoms with Crippen molar-refractivity contribution in [2.24, 2.45) is 11.8 Å². The van der Waals surface area contributed by atoms with E-state index in [4.69, 9.17) is 4.42 Å². The molecule has 0 aromatic carbocycles. The van der Waals surface area contributed by atoms with Gasteiger partial charge in [0, 0.05) is 18.4 Å². The third-order valence-electron chi connectivity index (χ3n) is 4.20. The second-order valence-electron chi connectivity index (χ2n) is 6.62. The van der Waals surface area contributed by atoms with Gasteiger partial charge < -0.3 is 24.5 Å². The molecule has 0 aliphatic heterocycles. The first-order valence-electron chi connectivity index (χ1n) is 8.95. The fourth-order valence-electron chi connectivity index (χ4n) is 2.41. The zero-order chi connectivity index (χ0) is 21.3. The number of carbonyl (C=O) groups excluding carboxylic acids is 4. The van der Waals surface area contributed by atoms with E-state index in [0.29, 0.717) is 11.5 Å². The Hall–Kier alpha value is -2.84. The van der Waals surface area contributed by atoms with Gasteiger partial charge in [0.2, 0.25) is 11.8 Å². The minimum Gasteiger partial charge on any atom is -0.469 e. The molecule has 0 spiro atoms. The van der Waals surface area contributed by atoms with Gasteiger partial charge in [0.1, 0.15) is 17.6 Å². The van der Waals surface area contributed by atoms with Gasteiger partial charge in [0.25, 0.3) is 0 Å². The molecule has 28 heavy (non-hydrogen) atoms. The van der Waals surface area contributed by atoms with Crippen molar-refractivity contribution >= 4 is 23.8 Å². The van der Waals surface area contributed by atoms with E-state index < -0.39 is 29.8 Å². The van der Waals surface area contributed by atoms with Crippen LogP contribution in [0.5, 0.6) is 0 Å². The topological polar surface area (TPSA) is 124 Å². The Bertz CT molecular complexity index is 698. The summed E-state index contributed by atoms with van der Waals surface area (Å²) in [6.07, 6.45) is -0.107. The van der Waals surface area contributed by atoms with Crippen LogP contribution in [0.1, 0.15) is 44.3 Å². The quantitative estimate of drug-likeness (QED) is 0.571. The number of ether oxygens (including phenoxy) is 2. The Balaban J connectivity index is 2.76. The van der Waals surface area contributed by atoms with Gasteiger partial charge in [-0.05, 0) is 19.1 Å². The summed E-state index contributed by atoms with van der Waals surface area (Å²) in [5, 5.41) is 5.48. The first-order chi connectivity index (χ1) is 13.2. The molecule has 1 aromatic heterocycles. The number of hydrogen-bond donors (Lipinski definition) is 2. The van der Waals surface area contributed by atoms with Crippen molar-refractivity contribution in [3.05, 3.63) is 23.7 Å². The van der Waals surface area contributed by atoms with Crippen molar-refractivity contribution in [2.75, 3.05) is 20.8 Å². The minimum atomic E-state index is -0.629. The summed E-state index contributed by atoms with van der Waals surface area (Å²) in [5.41, 5.74) is 0. The second-order valence-corrected chi connectivity index (χ2v) is 6.62. The largest absolute Gasteiger partial charge is 0.469 e. The summed E-state index contributed by atoms with van der Waals surface area (Å²) >= 11 is 0. The molecule has 9 nitrogen and oxygen atoms in total. The van der Waals surface area contributed by atoms with Crippen molar-refractivity contribution in [1.82, 2.24) is 10.6 Å². The van der Waals surface area contributed by atoms with Crippen LogP contribution in [0.4, 0.5) is 0 Å². The Labute approximate surface area is 164 Å². The van der Waals surface area contributed by atoms with Crippen molar-refractivity contribution in [3.63, 3.8) is 0 Å². The van der Waals surface area contributed by atoms with Crippen molar-refractivity contribution in [1.29, 1.82) is 0 Å². The van der Waals surface area contributed by atoms with Crippen molar-refractivity contribution in [3.8, 4) is 0 Å². The summed E-state index contributed by atoms with van der Waals surface area (Å²) < 4.78 is 14.7. The van der Waals surface area contributed by atoms with Crippen molar-refractivity contribution in [2.45, 2.75) is 39.7 Å². The lowest BCUT2D eigenvalue weighted by molar-refractivity contribution is -0.144. The number of hydrogen-bond acceptors (Lipinski definition) is 7. The predicted octanol–water partition coefficient (Wildman–Crippen LogP) is 1.26. The molecule has 9 heteroatoms. The number of rotatable bonds is 10. The second kappa shape index (κ2) is 11.1. The minimum absolute atomic E-state index is 0.0462. The highest BCUT2D eigenvalue weighted by atomic mass is 16.5. The number of esters is 2.